The van der Waals surface area contributed by atoms with Gasteiger partial charge in [-0.2, -0.15) is 0 Å². The van der Waals surface area contributed by atoms with Gasteiger partial charge in [0.25, 0.3) is 15.9 Å². The first-order valence-corrected chi connectivity index (χ1v) is 10.4. The van der Waals surface area contributed by atoms with Crippen LogP contribution in [0, 0.1) is 0 Å². The molecule has 0 spiro atoms. The van der Waals surface area contributed by atoms with E-state index in [0.29, 0.717) is 17.8 Å². The second-order valence-electron chi connectivity index (χ2n) is 6.49. The maximum atomic E-state index is 13.1. The number of carbonyl (C=O) groups excluding carboxylic acids is 1. The van der Waals surface area contributed by atoms with Crippen LogP contribution in [0.4, 0.5) is 5.69 Å². The molecule has 3 rings (SSSR count). The highest BCUT2D eigenvalue weighted by Crippen LogP contribution is 2.24. The molecule has 1 fully saturated rings. The van der Waals surface area contributed by atoms with Gasteiger partial charge < -0.3 is 5.32 Å². The Morgan fingerprint density at radius 2 is 1.77 bits per heavy atom. The first kappa shape index (κ1) is 18.5. The van der Waals surface area contributed by atoms with Gasteiger partial charge in [0.2, 0.25) is 0 Å². The number of hydrogen-bond donors (Lipinski definition) is 1. The molecule has 0 saturated heterocycles. The predicted molar refractivity (Wildman–Crippen MR) is 103 cm³/mol. The minimum Gasteiger partial charge on any atom is -0.349 e. The molecule has 0 atom stereocenters. The third-order valence-corrected chi connectivity index (χ3v) is 6.60. The third kappa shape index (κ3) is 3.90. The molecule has 0 unspecified atom stereocenters. The van der Waals surface area contributed by atoms with Crippen LogP contribution in [0.2, 0.25) is 0 Å². The molecule has 0 radical (unpaired) electrons. The normalized spacial score (nSPS) is 15.0. The number of nitrogens with zero attached hydrogens (tertiary/aromatic N) is 1. The van der Waals surface area contributed by atoms with Crippen LogP contribution >= 0.6 is 0 Å². The van der Waals surface area contributed by atoms with Crippen LogP contribution in [0.5, 0.6) is 0 Å². The third-order valence-electron chi connectivity index (χ3n) is 4.71. The van der Waals surface area contributed by atoms with Crippen molar-refractivity contribution in [3.8, 4) is 0 Å². The number of benzene rings is 2. The van der Waals surface area contributed by atoms with E-state index >= 15 is 0 Å². The van der Waals surface area contributed by atoms with Crippen LogP contribution in [0.1, 0.15) is 43.0 Å². The van der Waals surface area contributed by atoms with Crippen LogP contribution in [-0.4, -0.2) is 26.9 Å². The lowest BCUT2D eigenvalue weighted by atomic mass is 10.2. The highest BCUT2D eigenvalue weighted by molar-refractivity contribution is 7.92. The molecule has 0 heterocycles. The van der Waals surface area contributed by atoms with E-state index in [9.17, 15) is 13.2 Å². The van der Waals surface area contributed by atoms with Crippen molar-refractivity contribution in [1.82, 2.24) is 5.32 Å². The molecule has 1 aliphatic carbocycles. The van der Waals surface area contributed by atoms with Crippen molar-refractivity contribution in [1.29, 1.82) is 0 Å². The Balaban J connectivity index is 1.87. The summed E-state index contributed by atoms with van der Waals surface area (Å²) in [6, 6.07) is 15.4. The lowest BCUT2D eigenvalue weighted by molar-refractivity contribution is 0.0937. The summed E-state index contributed by atoms with van der Waals surface area (Å²) in [4.78, 5) is 12.6. The van der Waals surface area contributed by atoms with Crippen LogP contribution in [0.3, 0.4) is 0 Å². The standard InChI is InChI=1S/C20H24N2O3S/c1-2-22(18-12-4-3-5-13-18)26(24,25)19-14-8-9-16(15-19)20(23)21-17-10-6-7-11-17/h3-5,8-9,12-15,17H,2,6-7,10-11H2,1H3,(H,21,23). The fourth-order valence-electron chi connectivity index (χ4n) is 3.35. The molecular formula is C20H24N2O3S. The number of nitrogens with one attached hydrogen (secondary N) is 1. The van der Waals surface area contributed by atoms with Gasteiger partial charge in [0.05, 0.1) is 10.6 Å². The first-order chi connectivity index (χ1) is 12.5. The Labute approximate surface area is 155 Å². The van der Waals surface area contributed by atoms with Crippen molar-refractivity contribution >= 4 is 21.6 Å². The summed E-state index contributed by atoms with van der Waals surface area (Å²) in [6.07, 6.45) is 4.23. The molecule has 6 heteroatoms. The van der Waals surface area contributed by atoms with Gasteiger partial charge in [-0.05, 0) is 50.1 Å². The SMILES string of the molecule is CCN(c1ccccc1)S(=O)(=O)c1cccc(C(=O)NC2CCCC2)c1. The Bertz CT molecular complexity index is 860. The number of carbonyl (C=O) groups is 1. The molecule has 1 aliphatic rings. The van der Waals surface area contributed by atoms with Gasteiger partial charge in [0.15, 0.2) is 0 Å². The maximum Gasteiger partial charge on any atom is 0.264 e. The van der Waals surface area contributed by atoms with E-state index in [-0.39, 0.29) is 16.8 Å². The zero-order valence-corrected chi connectivity index (χ0v) is 15.7. The molecule has 0 aromatic heterocycles. The van der Waals surface area contributed by atoms with Gasteiger partial charge in [-0.25, -0.2) is 8.42 Å². The predicted octanol–water partition coefficient (Wildman–Crippen LogP) is 3.57. The lowest BCUT2D eigenvalue weighted by Gasteiger charge is -2.23. The van der Waals surface area contributed by atoms with Gasteiger partial charge in [-0.15, -0.1) is 0 Å². The zero-order valence-electron chi connectivity index (χ0n) is 14.9. The second kappa shape index (κ2) is 7.91. The van der Waals surface area contributed by atoms with E-state index in [1.807, 2.05) is 6.07 Å². The maximum absolute atomic E-state index is 13.1. The number of anilines is 1. The Kier molecular flexibility index (Phi) is 5.61. The summed E-state index contributed by atoms with van der Waals surface area (Å²) < 4.78 is 27.5. The Hall–Kier alpha value is -2.34. The summed E-state index contributed by atoms with van der Waals surface area (Å²) in [6.45, 7) is 2.10. The largest absolute Gasteiger partial charge is 0.349 e. The van der Waals surface area contributed by atoms with Crippen molar-refractivity contribution in [2.75, 3.05) is 10.8 Å². The molecule has 138 valence electrons. The molecule has 0 aliphatic heterocycles. The number of rotatable bonds is 6. The van der Waals surface area contributed by atoms with Crippen molar-refractivity contribution in [2.24, 2.45) is 0 Å². The smallest absolute Gasteiger partial charge is 0.264 e. The van der Waals surface area contributed by atoms with E-state index in [2.05, 4.69) is 5.32 Å². The highest BCUT2D eigenvalue weighted by Gasteiger charge is 2.25. The molecule has 1 amide bonds. The summed E-state index contributed by atoms with van der Waals surface area (Å²) in [5.41, 5.74) is 0.984. The van der Waals surface area contributed by atoms with E-state index in [4.69, 9.17) is 0 Å². The summed E-state index contributed by atoms with van der Waals surface area (Å²) in [7, 11) is -3.73. The van der Waals surface area contributed by atoms with Crippen LogP contribution < -0.4 is 9.62 Å². The molecule has 2 aromatic rings. The Morgan fingerprint density at radius 1 is 1.08 bits per heavy atom. The minimum absolute atomic E-state index is 0.127. The minimum atomic E-state index is -3.73. The molecule has 1 saturated carbocycles. The van der Waals surface area contributed by atoms with Gasteiger partial charge in [0, 0.05) is 18.2 Å². The van der Waals surface area contributed by atoms with Crippen LogP contribution in [0.25, 0.3) is 0 Å². The van der Waals surface area contributed by atoms with Crippen molar-refractivity contribution < 1.29 is 13.2 Å². The monoisotopic (exact) mass is 372 g/mol. The number of amides is 1. The fraction of sp³-hybridized carbons (Fsp3) is 0.350. The summed E-state index contributed by atoms with van der Waals surface area (Å²) in [5, 5.41) is 3.00. The summed E-state index contributed by atoms with van der Waals surface area (Å²) in [5.74, 6) is -0.211. The number of sulfonamides is 1. The molecule has 1 N–H and O–H groups in total. The molecular weight excluding hydrogens is 348 g/mol. The average molecular weight is 372 g/mol. The molecule has 26 heavy (non-hydrogen) atoms. The molecule has 0 bridgehead atoms. The molecule has 2 aromatic carbocycles. The zero-order chi connectivity index (χ0) is 18.6. The topological polar surface area (TPSA) is 66.5 Å². The van der Waals surface area contributed by atoms with Crippen molar-refractivity contribution in [2.45, 2.75) is 43.5 Å². The number of para-hydroxylation sites is 1. The first-order valence-electron chi connectivity index (χ1n) is 9.01. The quantitative estimate of drug-likeness (QED) is 0.843. The summed E-state index contributed by atoms with van der Waals surface area (Å²) >= 11 is 0. The Morgan fingerprint density at radius 3 is 2.42 bits per heavy atom. The fourth-order valence-corrected chi connectivity index (χ4v) is 4.87. The van der Waals surface area contributed by atoms with E-state index in [0.717, 1.165) is 25.7 Å². The average Bonchev–Trinajstić information content (AvgIpc) is 3.16. The van der Waals surface area contributed by atoms with Gasteiger partial charge in [-0.3, -0.25) is 9.10 Å². The van der Waals surface area contributed by atoms with Crippen LogP contribution in [0.15, 0.2) is 59.5 Å². The van der Waals surface area contributed by atoms with Gasteiger partial charge in [0.1, 0.15) is 0 Å². The number of hydrogen-bond acceptors (Lipinski definition) is 3. The van der Waals surface area contributed by atoms with Crippen molar-refractivity contribution in [3.05, 3.63) is 60.2 Å². The van der Waals surface area contributed by atoms with Crippen molar-refractivity contribution in [3.63, 3.8) is 0 Å². The highest BCUT2D eigenvalue weighted by atomic mass is 32.2. The lowest BCUT2D eigenvalue weighted by Crippen LogP contribution is -2.33. The van der Waals surface area contributed by atoms with Gasteiger partial charge in [-0.1, -0.05) is 37.1 Å². The van der Waals surface area contributed by atoms with Gasteiger partial charge >= 0.3 is 0 Å². The van der Waals surface area contributed by atoms with E-state index in [1.54, 1.807) is 43.3 Å². The molecule has 5 nitrogen and oxygen atoms in total. The second-order valence-corrected chi connectivity index (χ2v) is 8.35. The van der Waals surface area contributed by atoms with E-state index < -0.39 is 10.0 Å². The van der Waals surface area contributed by atoms with E-state index in [1.165, 1.54) is 16.4 Å². The van der Waals surface area contributed by atoms with Crippen LogP contribution in [-0.2, 0) is 10.0 Å².